The predicted octanol–water partition coefficient (Wildman–Crippen LogP) is 3.15. The molecule has 2 unspecified atom stereocenters. The van der Waals surface area contributed by atoms with E-state index in [2.05, 4.69) is 25.2 Å². The number of rotatable bonds is 4. The largest absolute Gasteiger partial charge is 0.493 e. The number of carbonyl (C=O) groups excluding carboxylic acids is 1. The zero-order chi connectivity index (χ0) is 14.9. The highest BCUT2D eigenvalue weighted by Gasteiger charge is 2.44. The fourth-order valence-corrected chi connectivity index (χ4v) is 3.82. The summed E-state index contributed by atoms with van der Waals surface area (Å²) in [7, 11) is 0. The molecule has 2 aliphatic heterocycles. The lowest BCUT2D eigenvalue weighted by Crippen LogP contribution is -2.39. The number of Topliss-reactive ketones (excluding diaryl/α,β-unsaturated/α-hetero) is 1. The summed E-state index contributed by atoms with van der Waals surface area (Å²) in [4.78, 5) is 13.0. The Morgan fingerprint density at radius 1 is 1.43 bits per heavy atom. The van der Waals surface area contributed by atoms with E-state index < -0.39 is 0 Å². The van der Waals surface area contributed by atoms with Gasteiger partial charge in [0.05, 0.1) is 6.61 Å². The summed E-state index contributed by atoms with van der Waals surface area (Å²) in [6.07, 6.45) is 2.58. The maximum atomic E-state index is 13.0. The van der Waals surface area contributed by atoms with Crippen LogP contribution in [0, 0.1) is 11.3 Å². The van der Waals surface area contributed by atoms with Crippen LogP contribution in [0.15, 0.2) is 24.3 Å². The van der Waals surface area contributed by atoms with Crippen LogP contribution in [0.4, 0.5) is 0 Å². The topological polar surface area (TPSA) is 38.3 Å². The first-order chi connectivity index (χ1) is 10.1. The molecule has 3 rings (SSSR count). The van der Waals surface area contributed by atoms with Gasteiger partial charge in [-0.15, -0.1) is 0 Å². The summed E-state index contributed by atoms with van der Waals surface area (Å²) in [5.74, 6) is 2.11. The van der Waals surface area contributed by atoms with E-state index in [0.29, 0.717) is 24.0 Å². The second-order valence-electron chi connectivity index (χ2n) is 6.74. The summed E-state index contributed by atoms with van der Waals surface area (Å²) in [5.41, 5.74) is 1.05. The molecular weight excluding hydrogens is 262 g/mol. The van der Waals surface area contributed by atoms with Gasteiger partial charge < -0.3 is 10.1 Å². The minimum Gasteiger partial charge on any atom is -0.493 e. The third kappa shape index (κ3) is 2.59. The van der Waals surface area contributed by atoms with E-state index in [9.17, 15) is 4.79 Å². The fourth-order valence-electron chi connectivity index (χ4n) is 3.82. The molecule has 2 heterocycles. The van der Waals surface area contributed by atoms with Gasteiger partial charge in [0.15, 0.2) is 0 Å². The molecule has 1 aromatic rings. The van der Waals surface area contributed by atoms with Gasteiger partial charge in [-0.25, -0.2) is 0 Å². The van der Waals surface area contributed by atoms with Gasteiger partial charge in [0.2, 0.25) is 0 Å². The zero-order valence-electron chi connectivity index (χ0n) is 13.0. The molecule has 1 aromatic carbocycles. The van der Waals surface area contributed by atoms with Crippen LogP contribution in [0.3, 0.4) is 0 Å². The van der Waals surface area contributed by atoms with Crippen molar-refractivity contribution >= 4 is 5.78 Å². The first-order valence-electron chi connectivity index (χ1n) is 8.09. The maximum Gasteiger partial charge on any atom is 0.141 e. The number of hydrogen-bond donors (Lipinski definition) is 1. The molecule has 21 heavy (non-hydrogen) atoms. The molecule has 3 nitrogen and oxygen atoms in total. The molecule has 2 aliphatic rings. The molecule has 1 fully saturated rings. The van der Waals surface area contributed by atoms with Crippen molar-refractivity contribution in [2.75, 3.05) is 19.7 Å². The van der Waals surface area contributed by atoms with Crippen LogP contribution in [0.25, 0.3) is 0 Å². The normalized spacial score (nSPS) is 28.2. The molecule has 0 amide bonds. The number of benzene rings is 1. The fraction of sp³-hybridized carbons (Fsp3) is 0.611. The molecule has 1 N–H and O–H groups in total. The molecule has 0 saturated carbocycles. The molecule has 1 saturated heterocycles. The van der Waals surface area contributed by atoms with Crippen molar-refractivity contribution in [2.24, 2.45) is 11.3 Å². The molecule has 114 valence electrons. The summed E-state index contributed by atoms with van der Waals surface area (Å²) in [5, 5.41) is 3.39. The van der Waals surface area contributed by atoms with E-state index in [1.54, 1.807) is 0 Å². The Kier molecular flexibility index (Phi) is 4.03. The van der Waals surface area contributed by atoms with Crippen LogP contribution in [-0.4, -0.2) is 25.5 Å². The van der Waals surface area contributed by atoms with Gasteiger partial charge in [-0.3, -0.25) is 4.79 Å². The predicted molar refractivity (Wildman–Crippen MR) is 83.7 cm³/mol. The van der Waals surface area contributed by atoms with E-state index in [1.165, 1.54) is 5.56 Å². The zero-order valence-corrected chi connectivity index (χ0v) is 13.0. The van der Waals surface area contributed by atoms with E-state index in [-0.39, 0.29) is 5.41 Å². The first-order valence-corrected chi connectivity index (χ1v) is 8.09. The van der Waals surface area contributed by atoms with E-state index in [0.717, 1.165) is 38.3 Å². The Morgan fingerprint density at radius 3 is 2.95 bits per heavy atom. The Bertz CT molecular complexity index is 518. The van der Waals surface area contributed by atoms with E-state index in [1.807, 2.05) is 18.2 Å². The minimum atomic E-state index is -0.159. The lowest BCUT2D eigenvalue weighted by atomic mass is 9.70. The van der Waals surface area contributed by atoms with Gasteiger partial charge >= 0.3 is 0 Å². The highest BCUT2D eigenvalue weighted by atomic mass is 16.5. The number of carbonyl (C=O) groups is 1. The molecule has 0 radical (unpaired) electrons. The quantitative estimate of drug-likeness (QED) is 0.924. The molecule has 0 spiro atoms. The average molecular weight is 287 g/mol. The van der Waals surface area contributed by atoms with Gasteiger partial charge in [0, 0.05) is 18.4 Å². The van der Waals surface area contributed by atoms with Gasteiger partial charge in [-0.1, -0.05) is 32.0 Å². The van der Waals surface area contributed by atoms with Crippen molar-refractivity contribution in [2.45, 2.75) is 39.0 Å². The molecule has 0 aliphatic carbocycles. The number of ketones is 1. The van der Waals surface area contributed by atoms with Crippen molar-refractivity contribution in [1.29, 1.82) is 0 Å². The smallest absolute Gasteiger partial charge is 0.141 e. The van der Waals surface area contributed by atoms with Gasteiger partial charge in [-0.05, 0) is 42.9 Å². The third-order valence-electron chi connectivity index (χ3n) is 5.36. The highest BCUT2D eigenvalue weighted by Crippen LogP contribution is 2.41. The van der Waals surface area contributed by atoms with Crippen LogP contribution < -0.4 is 10.1 Å². The second kappa shape index (κ2) is 5.80. The Hall–Kier alpha value is -1.35. The molecule has 0 aromatic heterocycles. The summed E-state index contributed by atoms with van der Waals surface area (Å²) in [6, 6.07) is 8.17. The van der Waals surface area contributed by atoms with Crippen LogP contribution >= 0.6 is 0 Å². The van der Waals surface area contributed by atoms with Gasteiger partial charge in [0.1, 0.15) is 11.5 Å². The lowest BCUT2D eigenvalue weighted by molar-refractivity contribution is -0.130. The molecule has 0 bridgehead atoms. The van der Waals surface area contributed by atoms with Crippen molar-refractivity contribution in [3.05, 3.63) is 29.8 Å². The van der Waals surface area contributed by atoms with Gasteiger partial charge in [0.25, 0.3) is 0 Å². The summed E-state index contributed by atoms with van der Waals surface area (Å²) >= 11 is 0. The third-order valence-corrected chi connectivity index (χ3v) is 5.36. The number of hydrogen-bond acceptors (Lipinski definition) is 3. The monoisotopic (exact) mass is 287 g/mol. The molecule has 2 atom stereocenters. The number of ether oxygens (including phenoxy) is 1. The van der Waals surface area contributed by atoms with Crippen molar-refractivity contribution in [3.63, 3.8) is 0 Å². The average Bonchev–Trinajstić information content (AvgIpc) is 2.98. The maximum absolute atomic E-state index is 13.0. The minimum absolute atomic E-state index is 0.159. The number of fused-ring (bicyclic) bond motifs is 1. The summed E-state index contributed by atoms with van der Waals surface area (Å²) in [6.45, 7) is 6.90. The van der Waals surface area contributed by atoms with Crippen molar-refractivity contribution in [1.82, 2.24) is 5.32 Å². The van der Waals surface area contributed by atoms with Crippen LogP contribution in [0.1, 0.15) is 44.6 Å². The standard InChI is InChI=1S/C18H25NO2/c1-13(2)18(8-9-19-12-18)17(20)11-14-7-10-21-16-6-4-3-5-15(14)16/h3-6,13-14,19H,7-12H2,1-2H3. The van der Waals surface area contributed by atoms with E-state index in [4.69, 9.17) is 4.74 Å². The first kappa shape index (κ1) is 14.6. The van der Waals surface area contributed by atoms with Crippen molar-refractivity contribution in [3.8, 4) is 5.75 Å². The van der Waals surface area contributed by atoms with Crippen LogP contribution in [0.5, 0.6) is 5.75 Å². The Balaban J connectivity index is 1.79. The SMILES string of the molecule is CC(C)C1(C(=O)CC2CCOc3ccccc32)CCNC1. The van der Waals surface area contributed by atoms with Crippen LogP contribution in [0.2, 0.25) is 0 Å². The lowest BCUT2D eigenvalue weighted by Gasteiger charge is -2.34. The Morgan fingerprint density at radius 2 is 2.24 bits per heavy atom. The number of nitrogens with one attached hydrogen (secondary N) is 1. The molecule has 3 heteroatoms. The van der Waals surface area contributed by atoms with Crippen molar-refractivity contribution < 1.29 is 9.53 Å². The van der Waals surface area contributed by atoms with Gasteiger partial charge in [-0.2, -0.15) is 0 Å². The van der Waals surface area contributed by atoms with E-state index >= 15 is 0 Å². The Labute approximate surface area is 127 Å². The second-order valence-corrected chi connectivity index (χ2v) is 6.74. The summed E-state index contributed by atoms with van der Waals surface area (Å²) < 4.78 is 5.71. The van der Waals surface area contributed by atoms with Crippen LogP contribution in [-0.2, 0) is 4.79 Å². The highest BCUT2D eigenvalue weighted by molar-refractivity contribution is 5.86. The number of para-hydroxylation sites is 1. The molecular formula is C18H25NO2.